The van der Waals surface area contributed by atoms with E-state index in [1.807, 2.05) is 0 Å². The second-order valence-corrected chi connectivity index (χ2v) is 4.96. The van der Waals surface area contributed by atoms with Gasteiger partial charge in [0.25, 0.3) is 0 Å². The molecular weight excluding hydrogens is 272 g/mol. The first-order chi connectivity index (χ1) is 8.45. The van der Waals surface area contributed by atoms with Gasteiger partial charge < -0.3 is 5.11 Å². The highest BCUT2D eigenvalue weighted by molar-refractivity contribution is 6.22. The third-order valence-corrected chi connectivity index (χ3v) is 4.10. The molecule has 1 aromatic carbocycles. The van der Waals surface area contributed by atoms with Gasteiger partial charge in [-0.1, -0.05) is 12.2 Å². The molecule has 6 heteroatoms. The smallest absolute Gasteiger partial charge is 0.197 e. The molecule has 4 rings (SSSR count). The summed E-state index contributed by atoms with van der Waals surface area (Å²) in [5.41, 5.74) is -0.618. The molecule has 4 unspecified atom stereocenters. The van der Waals surface area contributed by atoms with Crippen LogP contribution in [0.25, 0.3) is 0 Å². The van der Waals surface area contributed by atoms with Crippen molar-refractivity contribution in [1.29, 1.82) is 0 Å². The molecule has 0 saturated heterocycles. The molecule has 3 aliphatic carbocycles. The molecule has 0 fully saturated rings. The number of allylic oxidation sites excluding steroid dienone is 1. The maximum atomic E-state index is 13.7. The number of halogens is 5. The lowest BCUT2D eigenvalue weighted by atomic mass is 9.69. The summed E-state index contributed by atoms with van der Waals surface area (Å²) in [4.78, 5) is 0. The standard InChI is InChI=1S/C12H7ClF4O/c13-7-3-1-2-4(12(7)18)6-5(3)8(14)10(16)11(17)9(6)15/h1-4,7,12,18H. The number of hydrogen-bond donors (Lipinski definition) is 1. The van der Waals surface area contributed by atoms with Crippen molar-refractivity contribution in [2.75, 3.05) is 0 Å². The van der Waals surface area contributed by atoms with Crippen molar-refractivity contribution in [3.63, 3.8) is 0 Å². The zero-order valence-corrected chi connectivity index (χ0v) is 9.56. The minimum absolute atomic E-state index is 0.288. The van der Waals surface area contributed by atoms with Crippen molar-refractivity contribution in [3.8, 4) is 0 Å². The van der Waals surface area contributed by atoms with Crippen LogP contribution in [0, 0.1) is 23.3 Å². The predicted octanol–water partition coefficient (Wildman–Crippen LogP) is 2.96. The molecule has 0 aromatic heterocycles. The van der Waals surface area contributed by atoms with Crippen LogP contribution >= 0.6 is 11.6 Å². The summed E-state index contributed by atoms with van der Waals surface area (Å²) in [6.45, 7) is 0. The maximum Gasteiger partial charge on any atom is 0.197 e. The number of aliphatic hydroxyl groups excluding tert-OH is 1. The fraction of sp³-hybridized carbons (Fsp3) is 0.333. The summed E-state index contributed by atoms with van der Waals surface area (Å²) in [5.74, 6) is -8.38. The van der Waals surface area contributed by atoms with Gasteiger partial charge in [-0.25, -0.2) is 17.6 Å². The average Bonchev–Trinajstić information content (AvgIpc) is 2.38. The molecule has 1 aromatic rings. The van der Waals surface area contributed by atoms with Crippen molar-refractivity contribution in [1.82, 2.24) is 0 Å². The van der Waals surface area contributed by atoms with Gasteiger partial charge in [-0.2, -0.15) is 0 Å². The van der Waals surface area contributed by atoms with Crippen LogP contribution in [-0.2, 0) is 0 Å². The Morgan fingerprint density at radius 1 is 0.833 bits per heavy atom. The highest BCUT2D eigenvalue weighted by Gasteiger charge is 2.47. The molecule has 4 atom stereocenters. The topological polar surface area (TPSA) is 20.2 Å². The molecule has 2 bridgehead atoms. The fourth-order valence-corrected chi connectivity index (χ4v) is 3.08. The summed E-state index contributed by atoms with van der Waals surface area (Å²) in [7, 11) is 0. The van der Waals surface area contributed by atoms with Crippen LogP contribution in [0.3, 0.4) is 0 Å². The van der Waals surface area contributed by atoms with Gasteiger partial charge in [0.2, 0.25) is 0 Å². The molecule has 0 saturated carbocycles. The number of alkyl halides is 1. The zero-order valence-electron chi connectivity index (χ0n) is 8.80. The largest absolute Gasteiger partial charge is 0.391 e. The first-order valence-corrected chi connectivity index (χ1v) is 5.75. The molecule has 0 amide bonds. The van der Waals surface area contributed by atoms with Gasteiger partial charge in [0.05, 0.1) is 11.5 Å². The van der Waals surface area contributed by atoms with Crippen molar-refractivity contribution >= 4 is 11.6 Å². The molecule has 96 valence electrons. The molecule has 18 heavy (non-hydrogen) atoms. The normalized spacial score (nSPS) is 32.8. The van der Waals surface area contributed by atoms with Crippen LogP contribution in [0.1, 0.15) is 23.0 Å². The van der Waals surface area contributed by atoms with Crippen molar-refractivity contribution < 1.29 is 22.7 Å². The van der Waals surface area contributed by atoms with E-state index in [0.717, 1.165) is 0 Å². The third-order valence-electron chi connectivity index (χ3n) is 3.57. The molecular formula is C12H7ClF4O. The van der Waals surface area contributed by atoms with Crippen LogP contribution in [0.15, 0.2) is 12.2 Å². The highest BCUT2D eigenvalue weighted by atomic mass is 35.5. The van der Waals surface area contributed by atoms with E-state index < -0.39 is 46.6 Å². The lowest BCUT2D eigenvalue weighted by Gasteiger charge is -2.41. The third kappa shape index (κ3) is 1.26. The van der Waals surface area contributed by atoms with Gasteiger partial charge >= 0.3 is 0 Å². The Bertz CT molecular complexity index is 523. The Labute approximate surface area is 105 Å². The van der Waals surface area contributed by atoms with Gasteiger partial charge in [-0.15, -0.1) is 11.6 Å². The molecule has 1 nitrogen and oxygen atoms in total. The summed E-state index contributed by atoms with van der Waals surface area (Å²) in [6, 6.07) is 0. The van der Waals surface area contributed by atoms with Crippen molar-refractivity contribution in [2.45, 2.75) is 23.3 Å². The zero-order chi connectivity index (χ0) is 13.2. The Kier molecular flexibility index (Phi) is 2.47. The molecule has 0 aliphatic heterocycles. The minimum atomic E-state index is -1.86. The molecule has 0 spiro atoms. The lowest BCUT2D eigenvalue weighted by Crippen LogP contribution is -2.41. The second kappa shape index (κ2) is 3.71. The Morgan fingerprint density at radius 3 is 1.83 bits per heavy atom. The Morgan fingerprint density at radius 2 is 1.28 bits per heavy atom. The minimum Gasteiger partial charge on any atom is -0.391 e. The lowest BCUT2D eigenvalue weighted by molar-refractivity contribution is 0.130. The van der Waals surface area contributed by atoms with Gasteiger partial charge in [0.15, 0.2) is 23.3 Å². The maximum absolute atomic E-state index is 13.7. The van der Waals surface area contributed by atoms with Crippen LogP contribution in [0.5, 0.6) is 0 Å². The predicted molar refractivity (Wildman–Crippen MR) is 56.5 cm³/mol. The Hall–Kier alpha value is -1.07. The van der Waals surface area contributed by atoms with Crippen molar-refractivity contribution in [2.24, 2.45) is 0 Å². The van der Waals surface area contributed by atoms with E-state index in [0.29, 0.717) is 0 Å². The first-order valence-electron chi connectivity index (χ1n) is 5.31. The van der Waals surface area contributed by atoms with Gasteiger partial charge in [-0.3, -0.25) is 0 Å². The van der Waals surface area contributed by atoms with E-state index in [2.05, 4.69) is 0 Å². The fourth-order valence-electron chi connectivity index (χ4n) is 2.71. The molecule has 0 radical (unpaired) electrons. The van der Waals surface area contributed by atoms with Gasteiger partial charge in [0, 0.05) is 23.0 Å². The number of rotatable bonds is 0. The molecule has 3 aliphatic rings. The van der Waals surface area contributed by atoms with E-state index in [4.69, 9.17) is 11.6 Å². The number of hydrogen-bond acceptors (Lipinski definition) is 1. The summed E-state index contributed by atoms with van der Waals surface area (Å²) < 4.78 is 53.8. The van der Waals surface area contributed by atoms with Crippen LogP contribution in [0.4, 0.5) is 17.6 Å². The van der Waals surface area contributed by atoms with Gasteiger partial charge in [0.1, 0.15) is 0 Å². The second-order valence-electron chi connectivity index (χ2n) is 4.45. The van der Waals surface area contributed by atoms with Gasteiger partial charge in [-0.05, 0) is 0 Å². The summed E-state index contributed by atoms with van der Waals surface area (Å²) >= 11 is 5.90. The number of benzene rings is 1. The van der Waals surface area contributed by atoms with E-state index in [-0.39, 0.29) is 11.1 Å². The average molecular weight is 279 g/mol. The number of fused-ring (bicyclic) bond motifs is 1. The first kappa shape index (κ1) is 12.0. The van der Waals surface area contributed by atoms with Crippen LogP contribution in [0.2, 0.25) is 0 Å². The van der Waals surface area contributed by atoms with Crippen LogP contribution in [-0.4, -0.2) is 16.6 Å². The quantitative estimate of drug-likeness (QED) is 0.254. The van der Waals surface area contributed by atoms with E-state index >= 15 is 0 Å². The van der Waals surface area contributed by atoms with E-state index in [9.17, 15) is 22.7 Å². The Balaban J connectivity index is 2.36. The van der Waals surface area contributed by atoms with Crippen LogP contribution < -0.4 is 0 Å². The summed E-state index contributed by atoms with van der Waals surface area (Å²) in [6.07, 6.45) is 1.78. The van der Waals surface area contributed by atoms with E-state index in [1.165, 1.54) is 12.2 Å². The summed E-state index contributed by atoms with van der Waals surface area (Å²) in [5, 5.41) is 8.92. The number of aliphatic hydroxyl groups is 1. The SMILES string of the molecule is OC1C2C=CC(c3c(F)c(F)c(F)c(F)c32)C1Cl. The van der Waals surface area contributed by atoms with E-state index in [1.54, 1.807) is 0 Å². The van der Waals surface area contributed by atoms with Crippen molar-refractivity contribution in [3.05, 3.63) is 46.5 Å². The molecule has 1 N–H and O–H groups in total. The highest BCUT2D eigenvalue weighted by Crippen LogP contribution is 2.50. The monoisotopic (exact) mass is 278 g/mol. The molecule has 0 heterocycles.